The van der Waals surface area contributed by atoms with Crippen molar-refractivity contribution in [2.45, 2.75) is 20.8 Å². The molecule has 0 radical (unpaired) electrons. The largest absolute Gasteiger partial charge is 0.290 e. The zero-order valence-corrected chi connectivity index (χ0v) is 11.6. The van der Waals surface area contributed by atoms with Crippen LogP contribution in [0.1, 0.15) is 27.4 Å². The predicted octanol–water partition coefficient (Wildman–Crippen LogP) is 2.70. The average molecular weight is 277 g/mol. The second-order valence-corrected chi connectivity index (χ2v) is 4.64. The summed E-state index contributed by atoms with van der Waals surface area (Å²) >= 11 is 6.01. The smallest absolute Gasteiger partial charge is 0.261 e. The van der Waals surface area contributed by atoms with Gasteiger partial charge in [0.25, 0.3) is 5.91 Å². The van der Waals surface area contributed by atoms with E-state index in [1.165, 1.54) is 6.20 Å². The molecule has 2 heterocycles. The van der Waals surface area contributed by atoms with Gasteiger partial charge in [-0.05, 0) is 32.9 Å². The van der Waals surface area contributed by atoms with Crippen LogP contribution in [0.15, 0.2) is 18.3 Å². The number of aromatic nitrogens is 3. The number of hydrogen-bond donors (Lipinski definition) is 1. The first-order valence-electron chi connectivity index (χ1n) is 5.71. The van der Waals surface area contributed by atoms with E-state index in [-0.39, 0.29) is 11.9 Å². The third-order valence-corrected chi connectivity index (χ3v) is 2.76. The van der Waals surface area contributed by atoms with Crippen molar-refractivity contribution in [1.82, 2.24) is 15.0 Å². The summed E-state index contributed by atoms with van der Waals surface area (Å²) in [5.41, 5.74) is 2.63. The van der Waals surface area contributed by atoms with Gasteiger partial charge in [-0.2, -0.15) is 0 Å². The summed E-state index contributed by atoms with van der Waals surface area (Å²) in [7, 11) is 0. The molecule has 1 amide bonds. The molecule has 6 heteroatoms. The van der Waals surface area contributed by atoms with Gasteiger partial charge in [0.1, 0.15) is 0 Å². The molecule has 0 saturated carbocycles. The zero-order valence-electron chi connectivity index (χ0n) is 10.9. The Kier molecular flexibility index (Phi) is 3.76. The molecule has 0 fully saturated rings. The fraction of sp³-hybridized carbons (Fsp3) is 0.231. The standard InChI is InChI=1S/C13H13ClN4O/c1-7-5-11(14)10(6-15-7)12(19)18-13-16-8(2)4-9(3)17-13/h4-6H,1-3H3,(H,16,17,18,19). The SMILES string of the molecule is Cc1cc(Cl)c(C(=O)Nc2nc(C)cc(C)n2)cn1. The average Bonchev–Trinajstić information content (AvgIpc) is 2.26. The lowest BCUT2D eigenvalue weighted by atomic mass is 10.2. The number of nitrogens with one attached hydrogen (secondary N) is 1. The minimum Gasteiger partial charge on any atom is -0.290 e. The van der Waals surface area contributed by atoms with Crippen LogP contribution >= 0.6 is 11.6 Å². The van der Waals surface area contributed by atoms with Crippen molar-refractivity contribution >= 4 is 23.5 Å². The van der Waals surface area contributed by atoms with E-state index in [4.69, 9.17) is 11.6 Å². The van der Waals surface area contributed by atoms with Crippen LogP contribution in [0.25, 0.3) is 0 Å². The molecule has 0 saturated heterocycles. The number of pyridine rings is 1. The normalized spacial score (nSPS) is 10.3. The Hall–Kier alpha value is -2.01. The van der Waals surface area contributed by atoms with E-state index in [9.17, 15) is 4.79 Å². The Balaban J connectivity index is 2.25. The fourth-order valence-electron chi connectivity index (χ4n) is 1.64. The van der Waals surface area contributed by atoms with Crippen LogP contribution in [0.2, 0.25) is 5.02 Å². The molecular formula is C13H13ClN4O. The quantitative estimate of drug-likeness (QED) is 0.916. The highest BCUT2D eigenvalue weighted by Crippen LogP contribution is 2.16. The summed E-state index contributed by atoms with van der Waals surface area (Å²) in [6.07, 6.45) is 1.44. The molecule has 0 spiro atoms. The summed E-state index contributed by atoms with van der Waals surface area (Å²) < 4.78 is 0. The lowest BCUT2D eigenvalue weighted by Crippen LogP contribution is -2.15. The number of anilines is 1. The number of carbonyl (C=O) groups is 1. The van der Waals surface area contributed by atoms with Gasteiger partial charge in [0, 0.05) is 23.3 Å². The molecule has 2 aromatic rings. The molecular weight excluding hydrogens is 264 g/mol. The number of carbonyl (C=O) groups excluding carboxylic acids is 1. The first kappa shape index (κ1) is 13.4. The van der Waals surface area contributed by atoms with Gasteiger partial charge in [-0.25, -0.2) is 9.97 Å². The Morgan fingerprint density at radius 2 is 1.74 bits per heavy atom. The first-order valence-corrected chi connectivity index (χ1v) is 6.09. The number of rotatable bonds is 2. The minimum absolute atomic E-state index is 0.263. The van der Waals surface area contributed by atoms with E-state index in [2.05, 4.69) is 20.3 Å². The lowest BCUT2D eigenvalue weighted by Gasteiger charge is -2.07. The summed E-state index contributed by atoms with van der Waals surface area (Å²) in [4.78, 5) is 24.4. The minimum atomic E-state index is -0.373. The molecule has 19 heavy (non-hydrogen) atoms. The molecule has 2 rings (SSSR count). The van der Waals surface area contributed by atoms with Gasteiger partial charge in [-0.1, -0.05) is 11.6 Å². The molecule has 1 N–H and O–H groups in total. The van der Waals surface area contributed by atoms with Crippen molar-refractivity contribution < 1.29 is 4.79 Å². The Morgan fingerprint density at radius 3 is 2.32 bits per heavy atom. The van der Waals surface area contributed by atoms with Crippen LogP contribution in [0.3, 0.4) is 0 Å². The predicted molar refractivity (Wildman–Crippen MR) is 73.4 cm³/mol. The van der Waals surface area contributed by atoms with E-state index in [1.807, 2.05) is 19.9 Å². The third-order valence-electron chi connectivity index (χ3n) is 2.44. The van der Waals surface area contributed by atoms with Crippen LogP contribution in [0.4, 0.5) is 5.95 Å². The number of nitrogens with zero attached hydrogens (tertiary/aromatic N) is 3. The highest BCUT2D eigenvalue weighted by Gasteiger charge is 2.13. The molecule has 0 bridgehead atoms. The molecule has 0 aliphatic heterocycles. The van der Waals surface area contributed by atoms with Crippen molar-refractivity contribution in [2.75, 3.05) is 5.32 Å². The Labute approximate surface area is 116 Å². The molecule has 0 unspecified atom stereocenters. The number of hydrogen-bond acceptors (Lipinski definition) is 4. The van der Waals surface area contributed by atoms with Crippen molar-refractivity contribution in [2.24, 2.45) is 0 Å². The van der Waals surface area contributed by atoms with Gasteiger partial charge in [-0.3, -0.25) is 15.1 Å². The fourth-order valence-corrected chi connectivity index (χ4v) is 1.94. The second kappa shape index (κ2) is 5.32. The lowest BCUT2D eigenvalue weighted by molar-refractivity contribution is 0.102. The summed E-state index contributed by atoms with van der Waals surface area (Å²) in [5.74, 6) is -0.110. The van der Waals surface area contributed by atoms with Crippen LogP contribution in [-0.4, -0.2) is 20.9 Å². The van der Waals surface area contributed by atoms with Crippen LogP contribution < -0.4 is 5.32 Å². The second-order valence-electron chi connectivity index (χ2n) is 4.23. The maximum atomic E-state index is 12.1. The maximum Gasteiger partial charge on any atom is 0.261 e. The van der Waals surface area contributed by atoms with Crippen molar-refractivity contribution in [3.05, 3.63) is 46.0 Å². The maximum absolute atomic E-state index is 12.1. The summed E-state index contributed by atoms with van der Waals surface area (Å²) in [5, 5.41) is 2.97. The van der Waals surface area contributed by atoms with Gasteiger partial charge < -0.3 is 0 Å². The summed E-state index contributed by atoms with van der Waals surface area (Å²) in [6.45, 7) is 5.48. The monoisotopic (exact) mass is 276 g/mol. The number of aryl methyl sites for hydroxylation is 3. The van der Waals surface area contributed by atoms with Crippen LogP contribution in [0.5, 0.6) is 0 Å². The van der Waals surface area contributed by atoms with Gasteiger partial charge in [0.05, 0.1) is 10.6 Å². The zero-order chi connectivity index (χ0) is 14.0. The van der Waals surface area contributed by atoms with Gasteiger partial charge in [0.2, 0.25) is 5.95 Å². The third kappa shape index (κ3) is 3.26. The van der Waals surface area contributed by atoms with E-state index in [1.54, 1.807) is 13.0 Å². The summed E-state index contributed by atoms with van der Waals surface area (Å²) in [6, 6.07) is 3.47. The van der Waals surface area contributed by atoms with E-state index in [0.717, 1.165) is 17.1 Å². The molecule has 0 aliphatic rings. The Bertz CT molecular complexity index is 622. The first-order chi connectivity index (χ1) is 8.95. The van der Waals surface area contributed by atoms with Gasteiger partial charge >= 0.3 is 0 Å². The van der Waals surface area contributed by atoms with E-state index >= 15 is 0 Å². The van der Waals surface area contributed by atoms with E-state index in [0.29, 0.717) is 10.6 Å². The van der Waals surface area contributed by atoms with Gasteiger partial charge in [0.15, 0.2) is 0 Å². The van der Waals surface area contributed by atoms with Crippen molar-refractivity contribution in [3.8, 4) is 0 Å². The molecule has 0 atom stereocenters. The molecule has 0 aromatic carbocycles. The molecule has 98 valence electrons. The van der Waals surface area contributed by atoms with Crippen LogP contribution in [-0.2, 0) is 0 Å². The topological polar surface area (TPSA) is 67.8 Å². The molecule has 5 nitrogen and oxygen atoms in total. The Morgan fingerprint density at radius 1 is 1.11 bits per heavy atom. The van der Waals surface area contributed by atoms with Crippen molar-refractivity contribution in [1.29, 1.82) is 0 Å². The van der Waals surface area contributed by atoms with Crippen molar-refractivity contribution in [3.63, 3.8) is 0 Å². The van der Waals surface area contributed by atoms with Gasteiger partial charge in [-0.15, -0.1) is 0 Å². The number of amides is 1. The number of halogens is 1. The molecule has 0 aliphatic carbocycles. The van der Waals surface area contributed by atoms with Crippen LogP contribution in [0, 0.1) is 20.8 Å². The molecule has 2 aromatic heterocycles. The highest BCUT2D eigenvalue weighted by molar-refractivity contribution is 6.34. The highest BCUT2D eigenvalue weighted by atomic mass is 35.5. The van der Waals surface area contributed by atoms with E-state index < -0.39 is 0 Å².